The van der Waals surface area contributed by atoms with Gasteiger partial charge in [-0.3, -0.25) is 9.59 Å². The van der Waals surface area contributed by atoms with E-state index in [4.69, 9.17) is 0 Å². The average molecular weight is 221 g/mol. The molecular weight excluding hydrogens is 202 g/mol. The first-order chi connectivity index (χ1) is 7.58. The third-order valence-electron chi connectivity index (χ3n) is 4.95. The monoisotopic (exact) mass is 221 g/mol. The van der Waals surface area contributed by atoms with E-state index in [0.717, 1.165) is 12.8 Å². The third-order valence-corrected chi connectivity index (χ3v) is 4.95. The van der Waals surface area contributed by atoms with Crippen LogP contribution >= 0.6 is 0 Å². The summed E-state index contributed by atoms with van der Waals surface area (Å²) in [4.78, 5) is 25.9. The molecule has 0 N–H and O–H groups in total. The summed E-state index contributed by atoms with van der Waals surface area (Å²) >= 11 is 0. The van der Waals surface area contributed by atoms with Crippen LogP contribution in [0.5, 0.6) is 0 Å². The second kappa shape index (κ2) is 3.31. The number of likely N-dealkylation sites (tertiary alicyclic amines) is 1. The summed E-state index contributed by atoms with van der Waals surface area (Å²) in [6, 6.07) is 0.408. The van der Waals surface area contributed by atoms with Crippen LogP contribution in [0.3, 0.4) is 0 Å². The quantitative estimate of drug-likeness (QED) is 0.581. The molecule has 3 rings (SSSR count). The van der Waals surface area contributed by atoms with Crippen LogP contribution in [0.25, 0.3) is 0 Å². The van der Waals surface area contributed by atoms with E-state index in [1.54, 1.807) is 0 Å². The maximum atomic E-state index is 12.1. The summed E-state index contributed by atoms with van der Waals surface area (Å²) in [5.41, 5.74) is 0. The zero-order chi connectivity index (χ0) is 11.4. The van der Waals surface area contributed by atoms with E-state index >= 15 is 0 Å². The van der Waals surface area contributed by atoms with Gasteiger partial charge in [0.2, 0.25) is 5.91 Å². The predicted molar refractivity (Wildman–Crippen MR) is 59.7 cm³/mol. The van der Waals surface area contributed by atoms with Crippen LogP contribution in [0, 0.1) is 23.7 Å². The Morgan fingerprint density at radius 1 is 1.19 bits per heavy atom. The van der Waals surface area contributed by atoms with Crippen molar-refractivity contribution in [1.29, 1.82) is 0 Å². The van der Waals surface area contributed by atoms with Crippen molar-refractivity contribution in [2.75, 3.05) is 7.05 Å². The smallest absolute Gasteiger partial charge is 0.233 e. The van der Waals surface area contributed by atoms with Gasteiger partial charge < -0.3 is 4.90 Å². The number of nitrogens with zero attached hydrogens (tertiary/aromatic N) is 1. The Morgan fingerprint density at radius 3 is 2.69 bits per heavy atom. The predicted octanol–water partition coefficient (Wildman–Crippen LogP) is 1.47. The second-order valence-corrected chi connectivity index (χ2v) is 5.98. The van der Waals surface area contributed by atoms with Crippen LogP contribution in [0.2, 0.25) is 0 Å². The van der Waals surface area contributed by atoms with E-state index in [-0.39, 0.29) is 17.6 Å². The first-order valence-electron chi connectivity index (χ1n) is 6.37. The van der Waals surface area contributed by atoms with Crippen molar-refractivity contribution in [2.45, 2.75) is 38.6 Å². The van der Waals surface area contributed by atoms with Gasteiger partial charge in [0.25, 0.3) is 0 Å². The van der Waals surface area contributed by atoms with Gasteiger partial charge in [-0.15, -0.1) is 0 Å². The number of fused-ring (bicyclic) bond motifs is 1. The second-order valence-electron chi connectivity index (χ2n) is 5.98. The van der Waals surface area contributed by atoms with Crippen molar-refractivity contribution in [3.05, 3.63) is 0 Å². The fourth-order valence-corrected chi connectivity index (χ4v) is 4.17. The number of piperidine rings is 1. The molecule has 5 atom stereocenters. The Labute approximate surface area is 96.2 Å². The number of ketones is 1. The normalized spacial score (nSPS) is 47.1. The average Bonchev–Trinajstić information content (AvgIpc) is 2.24. The number of amides is 1. The molecule has 1 heterocycles. The lowest BCUT2D eigenvalue weighted by atomic mass is 9.60. The first-order valence-corrected chi connectivity index (χ1v) is 6.37. The van der Waals surface area contributed by atoms with Gasteiger partial charge in [-0.2, -0.15) is 0 Å². The molecule has 0 radical (unpaired) electrons. The van der Waals surface area contributed by atoms with Gasteiger partial charge in [0, 0.05) is 19.5 Å². The zero-order valence-electron chi connectivity index (χ0n) is 9.98. The van der Waals surface area contributed by atoms with Gasteiger partial charge in [0.15, 0.2) is 0 Å². The number of hydrogen-bond acceptors (Lipinski definition) is 2. The zero-order valence-corrected chi connectivity index (χ0v) is 9.98. The molecule has 1 amide bonds. The van der Waals surface area contributed by atoms with Gasteiger partial charge in [-0.25, -0.2) is 0 Å². The molecule has 2 bridgehead atoms. The molecule has 0 unspecified atom stereocenters. The van der Waals surface area contributed by atoms with Gasteiger partial charge >= 0.3 is 0 Å². The molecule has 0 aromatic rings. The molecule has 0 aromatic heterocycles. The maximum Gasteiger partial charge on any atom is 0.233 e. The number of carbonyl (C=O) groups excluding carboxylic acids is 2. The summed E-state index contributed by atoms with van der Waals surface area (Å²) in [5.74, 6) is 1.79. The minimum atomic E-state index is -0.295. The molecule has 2 aliphatic carbocycles. The SMILES string of the molecule is C[C@H]1C[C@H]2CC(=O)[C@@H]3C[C@H]2[C@H](C1)N(C)C3=O. The Balaban J connectivity index is 1.97. The Bertz CT molecular complexity index is 352. The minimum absolute atomic E-state index is 0.0822. The van der Waals surface area contributed by atoms with Crippen molar-refractivity contribution < 1.29 is 9.59 Å². The number of carbonyl (C=O) groups is 2. The Morgan fingerprint density at radius 2 is 1.94 bits per heavy atom. The lowest BCUT2D eigenvalue weighted by Crippen LogP contribution is -2.59. The standard InChI is InChI=1S/C13H19NO2/c1-7-3-8-5-12(15)10-6-9(8)11(4-7)14(2)13(10)16/h7-11H,3-6H2,1-2H3/t7-,8-,9+,10-,11-/m0/s1. The van der Waals surface area contributed by atoms with Gasteiger partial charge in [-0.1, -0.05) is 6.92 Å². The Kier molecular flexibility index (Phi) is 2.13. The van der Waals surface area contributed by atoms with Crippen molar-refractivity contribution in [3.63, 3.8) is 0 Å². The van der Waals surface area contributed by atoms with Gasteiger partial charge in [0.05, 0.1) is 5.92 Å². The molecule has 0 spiro atoms. The van der Waals surface area contributed by atoms with E-state index in [1.165, 1.54) is 6.42 Å². The third kappa shape index (κ3) is 1.26. The lowest BCUT2D eigenvalue weighted by Gasteiger charge is -2.52. The van der Waals surface area contributed by atoms with Crippen LogP contribution in [-0.2, 0) is 9.59 Å². The summed E-state index contributed by atoms with van der Waals surface area (Å²) in [5, 5.41) is 0. The van der Waals surface area contributed by atoms with Crippen LogP contribution in [0.4, 0.5) is 0 Å². The summed E-state index contributed by atoms with van der Waals surface area (Å²) in [6.45, 7) is 2.25. The van der Waals surface area contributed by atoms with E-state index in [9.17, 15) is 9.59 Å². The highest BCUT2D eigenvalue weighted by atomic mass is 16.2. The van der Waals surface area contributed by atoms with Gasteiger partial charge in [0.1, 0.15) is 5.78 Å². The largest absolute Gasteiger partial charge is 0.342 e. The number of hydrogen-bond donors (Lipinski definition) is 0. The van der Waals surface area contributed by atoms with Crippen LogP contribution in [0.1, 0.15) is 32.6 Å². The Hall–Kier alpha value is -0.860. The van der Waals surface area contributed by atoms with E-state index in [0.29, 0.717) is 30.2 Å². The highest BCUT2D eigenvalue weighted by Gasteiger charge is 2.52. The summed E-state index contributed by atoms with van der Waals surface area (Å²) < 4.78 is 0. The van der Waals surface area contributed by atoms with Crippen molar-refractivity contribution in [2.24, 2.45) is 23.7 Å². The molecule has 3 fully saturated rings. The van der Waals surface area contributed by atoms with Crippen LogP contribution in [0.15, 0.2) is 0 Å². The fraction of sp³-hybridized carbons (Fsp3) is 0.846. The highest BCUT2D eigenvalue weighted by Crippen LogP contribution is 2.48. The van der Waals surface area contributed by atoms with Crippen molar-refractivity contribution in [1.82, 2.24) is 4.90 Å². The molecule has 1 saturated heterocycles. The molecule has 0 aromatic carbocycles. The highest BCUT2D eigenvalue weighted by molar-refractivity contribution is 6.02. The number of Topliss-reactive ketones (excluding diaryl/α,β-unsaturated/α-hetero) is 1. The molecule has 3 nitrogen and oxygen atoms in total. The molecule has 3 aliphatic rings. The molecular formula is C13H19NO2. The molecule has 1 aliphatic heterocycles. The van der Waals surface area contributed by atoms with E-state index < -0.39 is 0 Å². The van der Waals surface area contributed by atoms with Gasteiger partial charge in [-0.05, 0) is 37.0 Å². The molecule has 16 heavy (non-hydrogen) atoms. The van der Waals surface area contributed by atoms with Crippen LogP contribution in [-0.4, -0.2) is 29.7 Å². The molecule has 88 valence electrons. The fourth-order valence-electron chi connectivity index (χ4n) is 4.17. The van der Waals surface area contributed by atoms with E-state index in [1.807, 2.05) is 11.9 Å². The topological polar surface area (TPSA) is 37.4 Å². The number of rotatable bonds is 0. The summed E-state index contributed by atoms with van der Waals surface area (Å²) in [6.07, 6.45) is 3.81. The first kappa shape index (κ1) is 10.3. The van der Waals surface area contributed by atoms with Crippen molar-refractivity contribution >= 4 is 11.7 Å². The molecule has 2 saturated carbocycles. The maximum absolute atomic E-state index is 12.1. The van der Waals surface area contributed by atoms with E-state index in [2.05, 4.69) is 6.92 Å². The lowest BCUT2D eigenvalue weighted by molar-refractivity contribution is -0.158. The summed E-state index contributed by atoms with van der Waals surface area (Å²) in [7, 11) is 1.89. The van der Waals surface area contributed by atoms with Crippen molar-refractivity contribution in [3.8, 4) is 0 Å². The molecule has 3 heteroatoms. The van der Waals surface area contributed by atoms with Crippen LogP contribution < -0.4 is 0 Å². The minimum Gasteiger partial charge on any atom is -0.342 e.